The minimum atomic E-state index is -0.731. The summed E-state index contributed by atoms with van der Waals surface area (Å²) in [6.07, 6.45) is 1.36. The van der Waals surface area contributed by atoms with E-state index in [0.717, 1.165) is 28.9 Å². The highest BCUT2D eigenvalue weighted by molar-refractivity contribution is 5.84. The van der Waals surface area contributed by atoms with Crippen LogP contribution < -0.4 is 19.5 Å². The second kappa shape index (κ2) is 11.1. The average Bonchev–Trinajstić information content (AvgIpc) is 2.89. The summed E-state index contributed by atoms with van der Waals surface area (Å²) in [5.74, 6) is 1.44. The molecule has 3 atom stereocenters. The van der Waals surface area contributed by atoms with Crippen LogP contribution in [0.2, 0.25) is 0 Å². The van der Waals surface area contributed by atoms with Gasteiger partial charge in [0.1, 0.15) is 11.8 Å². The third-order valence-corrected chi connectivity index (χ3v) is 6.51. The Morgan fingerprint density at radius 1 is 1.03 bits per heavy atom. The molecule has 8 heteroatoms. The number of amides is 2. The molecule has 0 saturated heterocycles. The molecule has 0 saturated carbocycles. The number of ether oxygens (including phenoxy) is 4. The molecule has 184 valence electrons. The van der Waals surface area contributed by atoms with Gasteiger partial charge in [-0.2, -0.15) is 0 Å². The van der Waals surface area contributed by atoms with E-state index in [0.29, 0.717) is 24.5 Å². The van der Waals surface area contributed by atoms with Gasteiger partial charge in [0.25, 0.3) is 0 Å². The summed E-state index contributed by atoms with van der Waals surface area (Å²) in [5.41, 5.74) is 2.94. The lowest BCUT2D eigenvalue weighted by Crippen LogP contribution is -2.53. The second-order valence-corrected chi connectivity index (χ2v) is 8.36. The summed E-state index contributed by atoms with van der Waals surface area (Å²) in [6.45, 7) is 4.37. The van der Waals surface area contributed by atoms with Crippen molar-refractivity contribution in [2.24, 2.45) is 5.92 Å². The topological polar surface area (TPSA) is 86.3 Å². The Hall–Kier alpha value is -3.42. The zero-order valence-electron chi connectivity index (χ0n) is 20.7. The number of esters is 1. The highest BCUT2D eigenvalue weighted by Gasteiger charge is 2.36. The third-order valence-electron chi connectivity index (χ3n) is 6.51. The molecule has 8 nitrogen and oxygen atoms in total. The lowest BCUT2D eigenvalue weighted by Gasteiger charge is -2.39. The summed E-state index contributed by atoms with van der Waals surface area (Å²) < 4.78 is 21.3. The Morgan fingerprint density at radius 3 is 2.24 bits per heavy atom. The van der Waals surface area contributed by atoms with Gasteiger partial charge < -0.3 is 29.2 Å². The van der Waals surface area contributed by atoms with Crippen molar-refractivity contribution in [2.45, 2.75) is 38.8 Å². The molecule has 1 aliphatic heterocycles. The van der Waals surface area contributed by atoms with Crippen LogP contribution in [0, 0.1) is 5.92 Å². The molecular formula is C26H34N2O6. The minimum absolute atomic E-state index is 0.0720. The van der Waals surface area contributed by atoms with Crippen molar-refractivity contribution in [3.8, 4) is 17.2 Å². The van der Waals surface area contributed by atoms with Gasteiger partial charge >= 0.3 is 12.0 Å². The number of nitrogens with one attached hydrogen (secondary N) is 1. The van der Waals surface area contributed by atoms with Crippen molar-refractivity contribution in [1.82, 2.24) is 10.2 Å². The van der Waals surface area contributed by atoms with Crippen LogP contribution in [0.1, 0.15) is 43.0 Å². The van der Waals surface area contributed by atoms with Crippen LogP contribution in [-0.2, 0) is 16.0 Å². The number of carbonyl (C=O) groups excluding carboxylic acids is 2. The number of fused-ring (bicyclic) bond motifs is 1. The van der Waals surface area contributed by atoms with Gasteiger partial charge in [0.05, 0.1) is 34.5 Å². The van der Waals surface area contributed by atoms with Crippen LogP contribution in [0.3, 0.4) is 0 Å². The average molecular weight is 471 g/mol. The SMILES string of the molecule is CC[C@@H](C)[C@H](NC(=O)N1CCc2cc(OC)c(OC)cc2[C@H]1c1ccc(OC)cc1)C(=O)OC. The van der Waals surface area contributed by atoms with E-state index in [9.17, 15) is 9.59 Å². The smallest absolute Gasteiger partial charge is 0.328 e. The van der Waals surface area contributed by atoms with Crippen molar-refractivity contribution in [3.05, 3.63) is 53.1 Å². The predicted molar refractivity (Wildman–Crippen MR) is 129 cm³/mol. The van der Waals surface area contributed by atoms with E-state index in [1.165, 1.54) is 7.11 Å². The van der Waals surface area contributed by atoms with Gasteiger partial charge in [0.15, 0.2) is 11.5 Å². The van der Waals surface area contributed by atoms with Gasteiger partial charge in [0.2, 0.25) is 0 Å². The molecule has 0 aliphatic carbocycles. The maximum absolute atomic E-state index is 13.6. The fraction of sp³-hybridized carbons (Fsp3) is 0.462. The molecule has 34 heavy (non-hydrogen) atoms. The number of urea groups is 1. The third kappa shape index (κ3) is 5.05. The molecule has 1 heterocycles. The van der Waals surface area contributed by atoms with Crippen molar-refractivity contribution in [1.29, 1.82) is 0 Å². The maximum Gasteiger partial charge on any atom is 0.328 e. The standard InChI is InChI=1S/C26H34N2O6/c1-7-16(2)23(25(29)34-6)27-26(30)28-13-12-18-14-21(32-4)22(33-5)15-20(18)24(28)17-8-10-19(31-3)11-9-17/h8-11,14-16,23-24H,7,12-13H2,1-6H3,(H,27,30)/t16-,23+,24-/m1/s1. The highest BCUT2D eigenvalue weighted by Crippen LogP contribution is 2.41. The van der Waals surface area contributed by atoms with Gasteiger partial charge in [-0.3, -0.25) is 0 Å². The number of hydrogen-bond acceptors (Lipinski definition) is 6. The molecule has 0 radical (unpaired) electrons. The van der Waals surface area contributed by atoms with Gasteiger partial charge in [-0.05, 0) is 53.3 Å². The number of rotatable bonds is 8. The quantitative estimate of drug-likeness (QED) is 0.588. The Morgan fingerprint density at radius 2 is 1.68 bits per heavy atom. The monoisotopic (exact) mass is 470 g/mol. The molecule has 1 aliphatic rings. The lowest BCUT2D eigenvalue weighted by atomic mass is 9.87. The van der Waals surface area contributed by atoms with E-state index in [-0.39, 0.29) is 18.0 Å². The zero-order chi connectivity index (χ0) is 24.8. The van der Waals surface area contributed by atoms with Crippen molar-refractivity contribution in [2.75, 3.05) is 35.0 Å². The van der Waals surface area contributed by atoms with Crippen molar-refractivity contribution < 1.29 is 28.5 Å². The summed E-state index contributed by atoms with van der Waals surface area (Å²) in [7, 11) is 6.15. The van der Waals surface area contributed by atoms with Crippen LogP contribution in [-0.4, -0.2) is 57.9 Å². The van der Waals surface area contributed by atoms with Gasteiger partial charge in [0, 0.05) is 6.54 Å². The van der Waals surface area contributed by atoms with E-state index in [4.69, 9.17) is 18.9 Å². The number of hydrogen-bond donors (Lipinski definition) is 1. The van der Waals surface area contributed by atoms with Gasteiger partial charge in [-0.15, -0.1) is 0 Å². The first-order valence-electron chi connectivity index (χ1n) is 11.4. The number of benzene rings is 2. The zero-order valence-corrected chi connectivity index (χ0v) is 20.7. The van der Waals surface area contributed by atoms with Crippen LogP contribution in [0.5, 0.6) is 17.2 Å². The van der Waals surface area contributed by atoms with E-state index in [1.54, 1.807) is 26.2 Å². The number of nitrogens with zero attached hydrogens (tertiary/aromatic N) is 1. The fourth-order valence-corrected chi connectivity index (χ4v) is 4.32. The predicted octanol–water partition coefficient (Wildman–Crippen LogP) is 3.96. The normalized spacial score (nSPS) is 16.6. The fourth-order valence-electron chi connectivity index (χ4n) is 4.32. The Bertz CT molecular complexity index is 1010. The molecule has 2 aromatic carbocycles. The largest absolute Gasteiger partial charge is 0.497 e. The maximum atomic E-state index is 13.6. The van der Waals surface area contributed by atoms with Crippen LogP contribution in [0.15, 0.2) is 36.4 Å². The van der Waals surface area contributed by atoms with E-state index in [2.05, 4.69) is 5.32 Å². The minimum Gasteiger partial charge on any atom is -0.497 e. The Kier molecular flexibility index (Phi) is 8.26. The molecule has 0 bridgehead atoms. The summed E-state index contributed by atoms with van der Waals surface area (Å²) in [6, 6.07) is 10.1. The van der Waals surface area contributed by atoms with Crippen LogP contribution in [0.4, 0.5) is 4.79 Å². The molecule has 2 aromatic rings. The Balaban J connectivity index is 2.05. The van der Waals surface area contributed by atoms with E-state index in [1.807, 2.05) is 50.2 Å². The van der Waals surface area contributed by atoms with Crippen LogP contribution >= 0.6 is 0 Å². The van der Waals surface area contributed by atoms with Crippen LogP contribution in [0.25, 0.3) is 0 Å². The molecule has 2 amide bonds. The lowest BCUT2D eigenvalue weighted by molar-refractivity contribution is -0.144. The summed E-state index contributed by atoms with van der Waals surface area (Å²) in [5, 5.41) is 2.92. The first-order valence-corrected chi connectivity index (χ1v) is 11.4. The number of carbonyl (C=O) groups is 2. The van der Waals surface area contributed by atoms with Gasteiger partial charge in [-0.25, -0.2) is 9.59 Å². The molecule has 1 N–H and O–H groups in total. The first-order chi connectivity index (χ1) is 16.4. The molecule has 0 fully saturated rings. The highest BCUT2D eigenvalue weighted by atomic mass is 16.5. The Labute approximate surface area is 201 Å². The van der Waals surface area contributed by atoms with E-state index >= 15 is 0 Å². The van der Waals surface area contributed by atoms with E-state index < -0.39 is 12.0 Å². The molecule has 3 rings (SSSR count). The first kappa shape index (κ1) is 25.2. The second-order valence-electron chi connectivity index (χ2n) is 8.36. The molecule has 0 unspecified atom stereocenters. The van der Waals surface area contributed by atoms with Crippen molar-refractivity contribution >= 4 is 12.0 Å². The molecular weight excluding hydrogens is 436 g/mol. The molecule has 0 aromatic heterocycles. The van der Waals surface area contributed by atoms with Gasteiger partial charge in [-0.1, -0.05) is 32.4 Å². The summed E-state index contributed by atoms with van der Waals surface area (Å²) in [4.78, 5) is 27.7. The van der Waals surface area contributed by atoms with Crippen molar-refractivity contribution in [3.63, 3.8) is 0 Å². The molecule has 0 spiro atoms. The number of methoxy groups -OCH3 is 4. The summed E-state index contributed by atoms with van der Waals surface area (Å²) >= 11 is 0.